The summed E-state index contributed by atoms with van der Waals surface area (Å²) >= 11 is 0. The Balaban J connectivity index is 1.22. The lowest BCUT2D eigenvalue weighted by Gasteiger charge is -2.40. The maximum Gasteiger partial charge on any atom is 0.236 e. The van der Waals surface area contributed by atoms with Gasteiger partial charge in [0, 0.05) is 69.7 Å². The average molecular weight is 399 g/mol. The van der Waals surface area contributed by atoms with Gasteiger partial charge in [-0.3, -0.25) is 19.4 Å². The summed E-state index contributed by atoms with van der Waals surface area (Å²) in [4.78, 5) is 33.7. The normalized spacial score (nSPS) is 22.2. The molecule has 1 aromatic carbocycles. The van der Waals surface area contributed by atoms with Crippen molar-refractivity contribution in [1.29, 1.82) is 0 Å². The molecule has 1 aliphatic carbocycles. The van der Waals surface area contributed by atoms with Crippen molar-refractivity contribution in [2.75, 3.05) is 63.8 Å². The largest absolute Gasteiger partial charge is 0.369 e. The van der Waals surface area contributed by atoms with Gasteiger partial charge in [0.05, 0.1) is 6.54 Å². The van der Waals surface area contributed by atoms with Crippen LogP contribution in [-0.4, -0.2) is 91.3 Å². The highest BCUT2D eigenvalue weighted by Crippen LogP contribution is 2.24. The summed E-state index contributed by atoms with van der Waals surface area (Å²) in [6, 6.07) is 8.63. The molecular formula is C23H34N4O2. The highest BCUT2D eigenvalue weighted by atomic mass is 16.2. The van der Waals surface area contributed by atoms with Crippen LogP contribution in [-0.2, 0) is 4.79 Å². The summed E-state index contributed by atoms with van der Waals surface area (Å²) in [6.07, 6.45) is 5.42. The first-order chi connectivity index (χ1) is 14.1. The number of carbonyl (C=O) groups is 2. The Kier molecular flexibility index (Phi) is 6.50. The van der Waals surface area contributed by atoms with Crippen LogP contribution in [0.25, 0.3) is 0 Å². The van der Waals surface area contributed by atoms with Crippen molar-refractivity contribution in [2.24, 2.45) is 0 Å². The molecule has 0 radical (unpaired) electrons. The molecule has 0 bridgehead atoms. The second kappa shape index (κ2) is 9.26. The van der Waals surface area contributed by atoms with Crippen LogP contribution >= 0.6 is 0 Å². The van der Waals surface area contributed by atoms with Crippen LogP contribution in [0.1, 0.15) is 43.0 Å². The highest BCUT2D eigenvalue weighted by molar-refractivity contribution is 5.95. The van der Waals surface area contributed by atoms with E-state index in [-0.39, 0.29) is 11.7 Å². The molecule has 0 atom stereocenters. The van der Waals surface area contributed by atoms with E-state index < -0.39 is 0 Å². The van der Waals surface area contributed by atoms with Gasteiger partial charge in [-0.2, -0.15) is 0 Å². The summed E-state index contributed by atoms with van der Waals surface area (Å²) in [5.41, 5.74) is 1.86. The number of amides is 1. The summed E-state index contributed by atoms with van der Waals surface area (Å²) in [6.45, 7) is 9.54. The van der Waals surface area contributed by atoms with E-state index in [1.165, 1.54) is 25.7 Å². The van der Waals surface area contributed by atoms with Crippen LogP contribution in [0.15, 0.2) is 24.3 Å². The van der Waals surface area contributed by atoms with Crippen molar-refractivity contribution in [3.05, 3.63) is 29.8 Å². The van der Waals surface area contributed by atoms with Crippen molar-refractivity contribution in [3.63, 3.8) is 0 Å². The SMILES string of the molecule is CC(=O)c1cccc(N2CCN(CC(=O)N3CCN(C4CCCC4)CC3)CC2)c1. The third-order valence-electron chi connectivity index (χ3n) is 6.86. The molecule has 4 rings (SSSR count). The zero-order valence-electron chi connectivity index (χ0n) is 17.7. The molecule has 0 spiro atoms. The Morgan fingerprint density at radius 3 is 2.28 bits per heavy atom. The Labute approximate surface area is 174 Å². The molecular weight excluding hydrogens is 364 g/mol. The zero-order chi connectivity index (χ0) is 20.2. The summed E-state index contributed by atoms with van der Waals surface area (Å²) in [5.74, 6) is 0.382. The Morgan fingerprint density at radius 1 is 0.931 bits per heavy atom. The van der Waals surface area contributed by atoms with Crippen LogP contribution in [0.2, 0.25) is 0 Å². The third kappa shape index (κ3) is 4.98. The lowest BCUT2D eigenvalue weighted by molar-refractivity contribution is -0.134. The summed E-state index contributed by atoms with van der Waals surface area (Å²) in [7, 11) is 0. The highest BCUT2D eigenvalue weighted by Gasteiger charge is 2.29. The van der Waals surface area contributed by atoms with E-state index in [0.29, 0.717) is 6.54 Å². The molecule has 158 valence electrons. The van der Waals surface area contributed by atoms with Gasteiger partial charge in [-0.15, -0.1) is 0 Å². The van der Waals surface area contributed by atoms with Crippen LogP contribution in [0.4, 0.5) is 5.69 Å². The second-order valence-corrected chi connectivity index (χ2v) is 8.72. The number of hydrogen-bond donors (Lipinski definition) is 0. The molecule has 0 N–H and O–H groups in total. The maximum absolute atomic E-state index is 12.8. The number of hydrogen-bond acceptors (Lipinski definition) is 5. The topological polar surface area (TPSA) is 47.1 Å². The molecule has 1 aromatic rings. The molecule has 29 heavy (non-hydrogen) atoms. The molecule has 3 fully saturated rings. The van der Waals surface area contributed by atoms with Gasteiger partial charge in [-0.1, -0.05) is 25.0 Å². The molecule has 6 heteroatoms. The number of nitrogens with zero attached hydrogens (tertiary/aromatic N) is 4. The van der Waals surface area contributed by atoms with E-state index in [4.69, 9.17) is 0 Å². The third-order valence-corrected chi connectivity index (χ3v) is 6.86. The smallest absolute Gasteiger partial charge is 0.236 e. The van der Waals surface area contributed by atoms with E-state index in [1.54, 1.807) is 6.92 Å². The van der Waals surface area contributed by atoms with Crippen LogP contribution in [0.3, 0.4) is 0 Å². The Hall–Kier alpha value is -1.92. The van der Waals surface area contributed by atoms with Crippen molar-refractivity contribution in [3.8, 4) is 0 Å². The number of ketones is 1. The monoisotopic (exact) mass is 398 g/mol. The molecule has 6 nitrogen and oxygen atoms in total. The lowest BCUT2D eigenvalue weighted by atomic mass is 10.1. The number of carbonyl (C=O) groups excluding carboxylic acids is 2. The Morgan fingerprint density at radius 2 is 1.62 bits per heavy atom. The first-order valence-corrected chi connectivity index (χ1v) is 11.2. The van der Waals surface area contributed by atoms with Gasteiger partial charge in [0.25, 0.3) is 0 Å². The van der Waals surface area contributed by atoms with Crippen molar-refractivity contribution in [2.45, 2.75) is 38.6 Å². The molecule has 1 amide bonds. The standard InChI is InChI=1S/C23H34N4O2/c1-19(28)20-5-4-8-22(17-20)26-11-9-24(10-12-26)18-23(29)27-15-13-25(14-16-27)21-6-2-3-7-21/h4-5,8,17,21H,2-3,6-7,9-16,18H2,1H3. The first kappa shape index (κ1) is 20.4. The quantitative estimate of drug-likeness (QED) is 0.711. The fourth-order valence-corrected chi connectivity index (χ4v) is 4.98. The zero-order valence-corrected chi connectivity index (χ0v) is 17.7. The van der Waals surface area contributed by atoms with Gasteiger partial charge in [0.1, 0.15) is 0 Å². The Bertz CT molecular complexity index is 715. The van der Waals surface area contributed by atoms with Crippen LogP contribution < -0.4 is 4.90 Å². The lowest BCUT2D eigenvalue weighted by Crippen LogP contribution is -2.55. The number of Topliss-reactive ketones (excluding diaryl/α,β-unsaturated/α-hetero) is 1. The molecule has 0 aromatic heterocycles. The minimum absolute atomic E-state index is 0.101. The average Bonchev–Trinajstić information content (AvgIpc) is 3.29. The predicted octanol–water partition coefficient (Wildman–Crippen LogP) is 2.10. The van der Waals surface area contributed by atoms with Gasteiger partial charge in [0.2, 0.25) is 5.91 Å². The molecule has 2 saturated heterocycles. The van der Waals surface area contributed by atoms with Crippen molar-refractivity contribution in [1.82, 2.24) is 14.7 Å². The van der Waals surface area contributed by atoms with E-state index in [1.807, 2.05) is 18.2 Å². The molecule has 1 saturated carbocycles. The van der Waals surface area contributed by atoms with E-state index in [0.717, 1.165) is 69.7 Å². The van der Waals surface area contributed by atoms with Gasteiger partial charge in [0.15, 0.2) is 5.78 Å². The van der Waals surface area contributed by atoms with Crippen molar-refractivity contribution < 1.29 is 9.59 Å². The second-order valence-electron chi connectivity index (χ2n) is 8.72. The van der Waals surface area contributed by atoms with E-state index in [9.17, 15) is 9.59 Å². The van der Waals surface area contributed by atoms with Gasteiger partial charge >= 0.3 is 0 Å². The van der Waals surface area contributed by atoms with Gasteiger partial charge in [-0.05, 0) is 31.9 Å². The van der Waals surface area contributed by atoms with E-state index >= 15 is 0 Å². The maximum atomic E-state index is 12.8. The summed E-state index contributed by atoms with van der Waals surface area (Å²) in [5, 5.41) is 0. The summed E-state index contributed by atoms with van der Waals surface area (Å²) < 4.78 is 0. The number of benzene rings is 1. The molecule has 2 heterocycles. The minimum Gasteiger partial charge on any atom is -0.369 e. The number of piperazine rings is 2. The molecule has 0 unspecified atom stereocenters. The van der Waals surface area contributed by atoms with E-state index in [2.05, 4.69) is 25.7 Å². The predicted molar refractivity (Wildman–Crippen MR) is 116 cm³/mol. The fraction of sp³-hybridized carbons (Fsp3) is 0.652. The van der Waals surface area contributed by atoms with Gasteiger partial charge in [-0.25, -0.2) is 0 Å². The van der Waals surface area contributed by atoms with Gasteiger partial charge < -0.3 is 9.80 Å². The van der Waals surface area contributed by atoms with Crippen LogP contribution in [0.5, 0.6) is 0 Å². The van der Waals surface area contributed by atoms with Crippen LogP contribution in [0, 0.1) is 0 Å². The molecule has 2 aliphatic heterocycles. The first-order valence-electron chi connectivity index (χ1n) is 11.2. The minimum atomic E-state index is 0.101. The fourth-order valence-electron chi connectivity index (χ4n) is 4.98. The molecule has 3 aliphatic rings. The number of anilines is 1. The van der Waals surface area contributed by atoms with Crippen molar-refractivity contribution >= 4 is 17.4 Å². The number of rotatable bonds is 5.